The summed E-state index contributed by atoms with van der Waals surface area (Å²) < 4.78 is 39.6. The zero-order chi connectivity index (χ0) is 13.2. The highest BCUT2D eigenvalue weighted by Gasteiger charge is 2.22. The molecule has 0 aromatic heterocycles. The van der Waals surface area contributed by atoms with Gasteiger partial charge < -0.3 is 5.73 Å². The van der Waals surface area contributed by atoms with E-state index in [1.54, 1.807) is 0 Å². The van der Waals surface area contributed by atoms with Gasteiger partial charge in [0.1, 0.15) is 5.82 Å². The summed E-state index contributed by atoms with van der Waals surface area (Å²) in [6.07, 6.45) is 1.43. The van der Waals surface area contributed by atoms with Gasteiger partial charge >= 0.3 is 0 Å². The van der Waals surface area contributed by atoms with E-state index in [1.807, 2.05) is 0 Å². The van der Waals surface area contributed by atoms with E-state index in [-0.39, 0.29) is 22.7 Å². The topological polar surface area (TPSA) is 72.2 Å². The average molecular weight is 258 g/mol. The van der Waals surface area contributed by atoms with Gasteiger partial charge in [-0.1, -0.05) is 6.08 Å². The molecule has 0 unspecified atom stereocenters. The molecule has 1 aromatic rings. The SMILES string of the molecule is C=CCNS(=O)(=O)c1c(C)cc(F)c(N)c1C. The monoisotopic (exact) mass is 258 g/mol. The Morgan fingerprint density at radius 1 is 1.53 bits per heavy atom. The molecule has 0 aliphatic rings. The van der Waals surface area contributed by atoms with Crippen LogP contribution in [0.25, 0.3) is 0 Å². The van der Waals surface area contributed by atoms with Gasteiger partial charge in [-0.2, -0.15) is 0 Å². The Balaban J connectivity index is 3.41. The second kappa shape index (κ2) is 4.85. The van der Waals surface area contributed by atoms with Gasteiger partial charge in [-0.15, -0.1) is 6.58 Å². The molecule has 0 spiro atoms. The van der Waals surface area contributed by atoms with E-state index in [0.29, 0.717) is 5.56 Å². The molecule has 1 rings (SSSR count). The molecule has 17 heavy (non-hydrogen) atoms. The molecule has 0 saturated carbocycles. The number of aryl methyl sites for hydroxylation is 1. The van der Waals surface area contributed by atoms with Crippen LogP contribution in [0, 0.1) is 19.7 Å². The van der Waals surface area contributed by atoms with Gasteiger partial charge in [0.25, 0.3) is 0 Å². The number of sulfonamides is 1. The molecule has 0 fully saturated rings. The van der Waals surface area contributed by atoms with Crippen LogP contribution in [0.3, 0.4) is 0 Å². The smallest absolute Gasteiger partial charge is 0.241 e. The molecular formula is C11H15FN2O2S. The Kier molecular flexibility index (Phi) is 3.90. The fraction of sp³-hybridized carbons (Fsp3) is 0.273. The number of nitrogens with two attached hydrogens (primary N) is 1. The average Bonchev–Trinajstić information content (AvgIpc) is 2.23. The van der Waals surface area contributed by atoms with Crippen LogP contribution >= 0.6 is 0 Å². The Morgan fingerprint density at radius 2 is 2.12 bits per heavy atom. The Morgan fingerprint density at radius 3 is 2.65 bits per heavy atom. The van der Waals surface area contributed by atoms with Gasteiger partial charge in [0.15, 0.2) is 0 Å². The lowest BCUT2D eigenvalue weighted by atomic mass is 10.1. The van der Waals surface area contributed by atoms with E-state index < -0.39 is 15.8 Å². The molecule has 3 N–H and O–H groups in total. The number of anilines is 1. The minimum absolute atomic E-state index is 0.0262. The van der Waals surface area contributed by atoms with Crippen LogP contribution in [0.4, 0.5) is 10.1 Å². The summed E-state index contributed by atoms with van der Waals surface area (Å²) in [6.45, 7) is 6.54. The summed E-state index contributed by atoms with van der Waals surface area (Å²) in [5, 5.41) is 0. The summed E-state index contributed by atoms with van der Waals surface area (Å²) in [5.41, 5.74) is 5.89. The van der Waals surface area contributed by atoms with Gasteiger partial charge in [-0.25, -0.2) is 17.5 Å². The number of halogens is 1. The van der Waals surface area contributed by atoms with Gasteiger partial charge in [0.05, 0.1) is 10.6 Å². The predicted octanol–water partition coefficient (Wildman–Crippen LogP) is 1.49. The van der Waals surface area contributed by atoms with Crippen molar-refractivity contribution in [3.05, 3.63) is 35.7 Å². The number of rotatable bonds is 4. The van der Waals surface area contributed by atoms with Crippen LogP contribution in [0.1, 0.15) is 11.1 Å². The van der Waals surface area contributed by atoms with Crippen LogP contribution in [-0.2, 0) is 10.0 Å². The Hall–Kier alpha value is -1.40. The molecule has 0 heterocycles. The normalized spacial score (nSPS) is 11.5. The highest BCUT2D eigenvalue weighted by Crippen LogP contribution is 2.27. The first-order chi connectivity index (χ1) is 7.81. The molecule has 0 atom stereocenters. The summed E-state index contributed by atoms with van der Waals surface area (Å²) in [7, 11) is -3.69. The van der Waals surface area contributed by atoms with Crippen molar-refractivity contribution in [2.75, 3.05) is 12.3 Å². The molecule has 1 aromatic carbocycles. The van der Waals surface area contributed by atoms with Crippen LogP contribution in [0.15, 0.2) is 23.6 Å². The van der Waals surface area contributed by atoms with E-state index in [9.17, 15) is 12.8 Å². The van der Waals surface area contributed by atoms with E-state index >= 15 is 0 Å². The molecule has 0 bridgehead atoms. The van der Waals surface area contributed by atoms with Crippen LogP contribution in [-0.4, -0.2) is 15.0 Å². The lowest BCUT2D eigenvalue weighted by Crippen LogP contribution is -2.25. The number of benzene rings is 1. The zero-order valence-corrected chi connectivity index (χ0v) is 10.6. The standard InChI is InChI=1S/C11H15FN2O2S/c1-4-5-14-17(15,16)11-7(2)6-9(12)10(13)8(11)3/h4,6,14H,1,5,13H2,2-3H3. The van der Waals surface area contributed by atoms with Crippen LogP contribution in [0.5, 0.6) is 0 Å². The first-order valence-corrected chi connectivity index (χ1v) is 6.45. The highest BCUT2D eigenvalue weighted by atomic mass is 32.2. The molecule has 4 nitrogen and oxygen atoms in total. The maximum absolute atomic E-state index is 13.3. The van der Waals surface area contributed by atoms with Crippen molar-refractivity contribution >= 4 is 15.7 Å². The van der Waals surface area contributed by atoms with E-state index in [1.165, 1.54) is 19.9 Å². The van der Waals surface area contributed by atoms with Crippen LogP contribution < -0.4 is 10.5 Å². The van der Waals surface area contributed by atoms with E-state index in [0.717, 1.165) is 6.07 Å². The minimum atomic E-state index is -3.69. The molecule has 6 heteroatoms. The van der Waals surface area contributed by atoms with Gasteiger partial charge in [-0.05, 0) is 31.0 Å². The van der Waals surface area contributed by atoms with Crippen molar-refractivity contribution in [2.24, 2.45) is 0 Å². The fourth-order valence-corrected chi connectivity index (χ4v) is 3.06. The molecule has 0 saturated heterocycles. The third kappa shape index (κ3) is 2.65. The number of hydrogen-bond donors (Lipinski definition) is 2. The molecular weight excluding hydrogens is 243 g/mol. The zero-order valence-electron chi connectivity index (χ0n) is 9.75. The van der Waals surface area contributed by atoms with E-state index in [4.69, 9.17) is 5.73 Å². The Labute approximate surface area is 100 Å². The van der Waals surface area contributed by atoms with Crippen molar-refractivity contribution in [2.45, 2.75) is 18.7 Å². The summed E-state index contributed by atoms with van der Waals surface area (Å²) >= 11 is 0. The number of nitrogens with one attached hydrogen (secondary N) is 1. The first-order valence-electron chi connectivity index (χ1n) is 4.97. The lowest BCUT2D eigenvalue weighted by molar-refractivity contribution is 0.583. The third-order valence-corrected chi connectivity index (χ3v) is 4.10. The van der Waals surface area contributed by atoms with E-state index in [2.05, 4.69) is 11.3 Å². The van der Waals surface area contributed by atoms with Crippen molar-refractivity contribution in [3.8, 4) is 0 Å². The van der Waals surface area contributed by atoms with Gasteiger partial charge in [0, 0.05) is 6.54 Å². The van der Waals surface area contributed by atoms with Crippen molar-refractivity contribution in [3.63, 3.8) is 0 Å². The largest absolute Gasteiger partial charge is 0.396 e. The van der Waals surface area contributed by atoms with Crippen molar-refractivity contribution in [1.29, 1.82) is 0 Å². The van der Waals surface area contributed by atoms with Crippen LogP contribution in [0.2, 0.25) is 0 Å². The summed E-state index contributed by atoms with van der Waals surface area (Å²) in [6, 6.07) is 1.12. The highest BCUT2D eigenvalue weighted by molar-refractivity contribution is 7.89. The molecule has 0 aliphatic carbocycles. The third-order valence-electron chi connectivity index (χ3n) is 2.39. The first kappa shape index (κ1) is 13.7. The Bertz CT molecular complexity index is 553. The van der Waals surface area contributed by atoms with Crippen molar-refractivity contribution in [1.82, 2.24) is 4.72 Å². The van der Waals surface area contributed by atoms with Crippen molar-refractivity contribution < 1.29 is 12.8 Å². The fourth-order valence-electron chi connectivity index (χ4n) is 1.58. The number of nitrogen functional groups attached to an aromatic ring is 1. The summed E-state index contributed by atoms with van der Waals surface area (Å²) in [4.78, 5) is 0.0262. The quantitative estimate of drug-likeness (QED) is 0.635. The van der Waals surface area contributed by atoms with Gasteiger partial charge in [0.2, 0.25) is 10.0 Å². The molecule has 0 radical (unpaired) electrons. The second-order valence-corrected chi connectivity index (χ2v) is 5.39. The maximum Gasteiger partial charge on any atom is 0.241 e. The second-order valence-electron chi connectivity index (χ2n) is 3.68. The minimum Gasteiger partial charge on any atom is -0.396 e. The lowest BCUT2D eigenvalue weighted by Gasteiger charge is -2.13. The number of hydrogen-bond acceptors (Lipinski definition) is 3. The maximum atomic E-state index is 13.3. The predicted molar refractivity (Wildman–Crippen MR) is 65.7 cm³/mol. The summed E-state index contributed by atoms with van der Waals surface area (Å²) in [5.74, 6) is -0.609. The van der Waals surface area contributed by atoms with Gasteiger partial charge in [-0.3, -0.25) is 0 Å². The molecule has 94 valence electrons. The molecule has 0 amide bonds. The molecule has 0 aliphatic heterocycles.